The normalized spacial score (nSPS) is 10.7. The first-order valence-electron chi connectivity index (χ1n) is 6.06. The van der Waals surface area contributed by atoms with Gasteiger partial charge < -0.3 is 10.4 Å². The molecule has 3 aromatic rings. The van der Waals surface area contributed by atoms with Gasteiger partial charge in [-0.15, -0.1) is 10.2 Å². The first kappa shape index (κ1) is 12.2. The van der Waals surface area contributed by atoms with E-state index < -0.39 is 0 Å². The van der Waals surface area contributed by atoms with Crippen LogP contribution in [0.2, 0.25) is 0 Å². The van der Waals surface area contributed by atoms with Crippen molar-refractivity contribution in [3.63, 3.8) is 0 Å². The van der Waals surface area contributed by atoms with Gasteiger partial charge in [0.25, 0.3) is 5.91 Å². The Labute approximate surface area is 114 Å². The van der Waals surface area contributed by atoms with Gasteiger partial charge in [0.2, 0.25) is 0 Å². The van der Waals surface area contributed by atoms with Crippen LogP contribution in [0.5, 0.6) is 5.75 Å². The number of rotatable bonds is 2. The number of aromatic nitrogens is 3. The molecule has 2 aromatic heterocycles. The van der Waals surface area contributed by atoms with Crippen molar-refractivity contribution in [2.75, 3.05) is 5.32 Å². The van der Waals surface area contributed by atoms with Gasteiger partial charge in [-0.3, -0.25) is 9.20 Å². The quantitative estimate of drug-likeness (QED) is 0.697. The molecule has 2 N–H and O–H groups in total. The number of para-hydroxylation sites is 2. The van der Waals surface area contributed by atoms with E-state index in [2.05, 4.69) is 15.5 Å². The number of nitrogens with one attached hydrogen (secondary N) is 1. The van der Waals surface area contributed by atoms with Crippen LogP contribution in [-0.2, 0) is 0 Å². The Balaban J connectivity index is 1.92. The van der Waals surface area contributed by atoms with E-state index in [0.717, 1.165) is 0 Å². The Morgan fingerprint density at radius 2 is 2.00 bits per heavy atom. The Morgan fingerprint density at radius 1 is 1.20 bits per heavy atom. The largest absolute Gasteiger partial charge is 0.506 e. The number of hydrogen-bond donors (Lipinski definition) is 2. The molecule has 0 aliphatic heterocycles. The van der Waals surface area contributed by atoms with Crippen LogP contribution in [0.4, 0.5) is 5.69 Å². The molecule has 1 amide bonds. The maximum Gasteiger partial charge on any atom is 0.257 e. The van der Waals surface area contributed by atoms with Crippen LogP contribution in [0.25, 0.3) is 5.65 Å². The third-order valence-electron chi connectivity index (χ3n) is 2.99. The minimum atomic E-state index is -0.304. The molecule has 20 heavy (non-hydrogen) atoms. The molecule has 100 valence electrons. The molecule has 0 unspecified atom stereocenters. The first-order valence-corrected chi connectivity index (χ1v) is 6.06. The van der Waals surface area contributed by atoms with Gasteiger partial charge in [0.15, 0.2) is 5.65 Å². The summed E-state index contributed by atoms with van der Waals surface area (Å²) in [5, 5.41) is 20.2. The number of nitrogens with zero attached hydrogens (tertiary/aromatic N) is 3. The van der Waals surface area contributed by atoms with Crippen molar-refractivity contribution in [3.05, 3.63) is 54.0 Å². The number of aromatic hydroxyl groups is 1. The number of anilines is 1. The molecule has 0 bridgehead atoms. The highest BCUT2D eigenvalue weighted by Crippen LogP contribution is 2.22. The predicted octanol–water partition coefficient (Wildman–Crippen LogP) is 2.00. The van der Waals surface area contributed by atoms with Crippen LogP contribution in [0, 0.1) is 6.92 Å². The van der Waals surface area contributed by atoms with Gasteiger partial charge in [-0.1, -0.05) is 12.1 Å². The van der Waals surface area contributed by atoms with Crippen LogP contribution in [0.1, 0.15) is 16.2 Å². The number of carbonyl (C=O) groups is 1. The number of pyridine rings is 1. The smallest absolute Gasteiger partial charge is 0.257 e. The van der Waals surface area contributed by atoms with Crippen LogP contribution < -0.4 is 5.32 Å². The highest BCUT2D eigenvalue weighted by atomic mass is 16.3. The van der Waals surface area contributed by atoms with Crippen molar-refractivity contribution in [2.24, 2.45) is 0 Å². The molecule has 2 heterocycles. The summed E-state index contributed by atoms with van der Waals surface area (Å²) >= 11 is 0. The number of phenolic OH excluding ortho intramolecular Hbond substituents is 1. The fourth-order valence-electron chi connectivity index (χ4n) is 1.91. The summed E-state index contributed by atoms with van der Waals surface area (Å²) in [6.07, 6.45) is 1.67. The van der Waals surface area contributed by atoms with E-state index in [1.54, 1.807) is 40.9 Å². The Bertz CT molecular complexity index is 795. The Morgan fingerprint density at radius 3 is 2.80 bits per heavy atom. The fourth-order valence-corrected chi connectivity index (χ4v) is 1.91. The van der Waals surface area contributed by atoms with Gasteiger partial charge in [0.1, 0.15) is 11.6 Å². The van der Waals surface area contributed by atoms with E-state index in [0.29, 0.717) is 22.7 Å². The Kier molecular flexibility index (Phi) is 2.83. The number of benzene rings is 1. The first-order chi connectivity index (χ1) is 9.65. The number of fused-ring (bicyclic) bond motifs is 1. The Hall–Kier alpha value is -2.89. The molecule has 3 rings (SSSR count). The van der Waals surface area contributed by atoms with E-state index in [4.69, 9.17) is 0 Å². The van der Waals surface area contributed by atoms with Crippen molar-refractivity contribution < 1.29 is 9.90 Å². The number of hydrogen-bond acceptors (Lipinski definition) is 4. The standard InChI is InChI=1S/C14H12N4O2/c1-9-16-17-13-7-6-10(8-18(9)13)14(20)15-11-4-2-3-5-12(11)19/h2-8,19H,1H3,(H,15,20). The minimum Gasteiger partial charge on any atom is -0.506 e. The van der Waals surface area contributed by atoms with Crippen LogP contribution >= 0.6 is 0 Å². The molecule has 0 atom stereocenters. The summed E-state index contributed by atoms with van der Waals surface area (Å²) in [6, 6.07) is 9.97. The predicted molar refractivity (Wildman–Crippen MR) is 73.8 cm³/mol. The van der Waals surface area contributed by atoms with Crippen molar-refractivity contribution in [1.82, 2.24) is 14.6 Å². The third-order valence-corrected chi connectivity index (χ3v) is 2.99. The van der Waals surface area contributed by atoms with E-state index in [9.17, 15) is 9.90 Å². The third kappa shape index (κ3) is 2.07. The molecule has 0 saturated carbocycles. The van der Waals surface area contributed by atoms with Gasteiger partial charge in [-0.25, -0.2) is 0 Å². The molecule has 0 aliphatic rings. The highest BCUT2D eigenvalue weighted by Gasteiger charge is 2.10. The average molecular weight is 268 g/mol. The number of aryl methyl sites for hydroxylation is 1. The topological polar surface area (TPSA) is 79.5 Å². The molecule has 0 saturated heterocycles. The summed E-state index contributed by atoms with van der Waals surface area (Å²) < 4.78 is 1.74. The van der Waals surface area contributed by atoms with Crippen molar-refractivity contribution >= 4 is 17.2 Å². The summed E-state index contributed by atoms with van der Waals surface area (Å²) in [5.41, 5.74) is 1.52. The van der Waals surface area contributed by atoms with Crippen LogP contribution in [0.3, 0.4) is 0 Å². The zero-order chi connectivity index (χ0) is 14.1. The maximum atomic E-state index is 12.2. The molecule has 0 aliphatic carbocycles. The SMILES string of the molecule is Cc1nnc2ccc(C(=O)Nc3ccccc3O)cn12. The maximum absolute atomic E-state index is 12.2. The lowest BCUT2D eigenvalue weighted by Crippen LogP contribution is -2.12. The molecule has 6 nitrogen and oxygen atoms in total. The molecule has 0 fully saturated rings. The monoisotopic (exact) mass is 268 g/mol. The van der Waals surface area contributed by atoms with Gasteiger partial charge in [0.05, 0.1) is 11.3 Å². The van der Waals surface area contributed by atoms with Crippen molar-refractivity contribution in [2.45, 2.75) is 6.92 Å². The van der Waals surface area contributed by atoms with Crippen molar-refractivity contribution in [1.29, 1.82) is 0 Å². The lowest BCUT2D eigenvalue weighted by atomic mass is 10.2. The molecule has 0 spiro atoms. The van der Waals surface area contributed by atoms with Crippen LogP contribution in [-0.4, -0.2) is 25.6 Å². The molecular formula is C14H12N4O2. The van der Waals surface area contributed by atoms with E-state index in [1.807, 2.05) is 6.92 Å². The number of carbonyl (C=O) groups excluding carboxylic acids is 1. The minimum absolute atomic E-state index is 0.0300. The van der Waals surface area contributed by atoms with E-state index in [-0.39, 0.29) is 11.7 Å². The second kappa shape index (κ2) is 4.65. The van der Waals surface area contributed by atoms with Gasteiger partial charge in [-0.05, 0) is 31.2 Å². The number of phenols is 1. The average Bonchev–Trinajstić information content (AvgIpc) is 2.82. The van der Waals surface area contributed by atoms with Gasteiger partial charge >= 0.3 is 0 Å². The van der Waals surface area contributed by atoms with Gasteiger partial charge in [-0.2, -0.15) is 0 Å². The molecule has 6 heteroatoms. The molecule has 0 radical (unpaired) electrons. The van der Waals surface area contributed by atoms with Crippen molar-refractivity contribution in [3.8, 4) is 5.75 Å². The van der Waals surface area contributed by atoms with Gasteiger partial charge in [0, 0.05) is 6.20 Å². The lowest BCUT2D eigenvalue weighted by Gasteiger charge is -2.07. The van der Waals surface area contributed by atoms with E-state index in [1.165, 1.54) is 6.07 Å². The fraction of sp³-hybridized carbons (Fsp3) is 0.0714. The summed E-state index contributed by atoms with van der Waals surface area (Å²) in [7, 11) is 0. The van der Waals surface area contributed by atoms with E-state index >= 15 is 0 Å². The molecule has 1 aromatic carbocycles. The van der Waals surface area contributed by atoms with Crippen LogP contribution in [0.15, 0.2) is 42.6 Å². The lowest BCUT2D eigenvalue weighted by molar-refractivity contribution is 0.102. The highest BCUT2D eigenvalue weighted by molar-refractivity contribution is 6.04. The molecular weight excluding hydrogens is 256 g/mol. The summed E-state index contributed by atoms with van der Waals surface area (Å²) in [6.45, 7) is 1.81. The summed E-state index contributed by atoms with van der Waals surface area (Å²) in [4.78, 5) is 12.2. The zero-order valence-corrected chi connectivity index (χ0v) is 10.7. The second-order valence-electron chi connectivity index (χ2n) is 4.36. The second-order valence-corrected chi connectivity index (χ2v) is 4.36. The zero-order valence-electron chi connectivity index (χ0n) is 10.7. The number of amides is 1. The summed E-state index contributed by atoms with van der Waals surface area (Å²) in [5.74, 6) is 0.432.